The van der Waals surface area contributed by atoms with E-state index in [2.05, 4.69) is 10.5 Å². The lowest BCUT2D eigenvalue weighted by Gasteiger charge is -2.07. The molecule has 0 fully saturated rings. The van der Waals surface area contributed by atoms with Gasteiger partial charge in [0.25, 0.3) is 5.91 Å². The number of nitrogens with zero attached hydrogens (tertiary/aromatic N) is 1. The van der Waals surface area contributed by atoms with Gasteiger partial charge in [0.1, 0.15) is 11.5 Å². The van der Waals surface area contributed by atoms with E-state index >= 15 is 0 Å². The minimum absolute atomic E-state index is 0.115. The number of amides is 1. The first-order valence-electron chi connectivity index (χ1n) is 7.11. The highest BCUT2D eigenvalue weighted by Gasteiger charge is 2.10. The van der Waals surface area contributed by atoms with E-state index in [0.717, 1.165) is 0 Å². The van der Waals surface area contributed by atoms with Crippen molar-refractivity contribution in [2.24, 2.45) is 5.10 Å². The van der Waals surface area contributed by atoms with Crippen LogP contribution < -0.4 is 19.6 Å². The molecule has 132 valence electrons. The lowest BCUT2D eigenvalue weighted by Crippen LogP contribution is -2.17. The molecule has 8 heteroatoms. The molecule has 0 bridgehead atoms. The highest BCUT2D eigenvalue weighted by molar-refractivity contribution is 6.32. The summed E-state index contributed by atoms with van der Waals surface area (Å²) in [4.78, 5) is 12.2. The lowest BCUT2D eigenvalue weighted by molar-refractivity contribution is 0.0954. The van der Waals surface area contributed by atoms with Crippen LogP contribution in [-0.4, -0.2) is 38.6 Å². The van der Waals surface area contributed by atoms with Crippen LogP contribution in [0.25, 0.3) is 0 Å². The van der Waals surface area contributed by atoms with E-state index in [1.54, 1.807) is 18.2 Å². The molecule has 0 saturated heterocycles. The highest BCUT2D eigenvalue weighted by atomic mass is 35.5. The van der Waals surface area contributed by atoms with E-state index in [9.17, 15) is 9.90 Å². The van der Waals surface area contributed by atoms with Gasteiger partial charge >= 0.3 is 0 Å². The highest BCUT2D eigenvalue weighted by Crippen LogP contribution is 2.34. The van der Waals surface area contributed by atoms with Crippen molar-refractivity contribution < 1.29 is 24.1 Å². The molecule has 1 amide bonds. The van der Waals surface area contributed by atoms with Crippen LogP contribution in [0.2, 0.25) is 5.02 Å². The number of halogens is 1. The first-order valence-corrected chi connectivity index (χ1v) is 7.49. The van der Waals surface area contributed by atoms with Crippen LogP contribution in [-0.2, 0) is 0 Å². The molecule has 25 heavy (non-hydrogen) atoms. The minimum Gasteiger partial charge on any atom is -0.503 e. The zero-order chi connectivity index (χ0) is 18.4. The zero-order valence-electron chi connectivity index (χ0n) is 13.9. The Morgan fingerprint density at radius 2 is 1.72 bits per heavy atom. The monoisotopic (exact) mass is 364 g/mol. The van der Waals surface area contributed by atoms with Crippen molar-refractivity contribution in [3.8, 4) is 23.0 Å². The maximum atomic E-state index is 12.2. The Morgan fingerprint density at radius 3 is 2.28 bits per heavy atom. The predicted octanol–water partition coefficient (Wildman–Crippen LogP) is 2.84. The first-order chi connectivity index (χ1) is 12.0. The van der Waals surface area contributed by atoms with E-state index < -0.39 is 5.91 Å². The normalized spacial score (nSPS) is 10.6. The molecule has 0 aliphatic heterocycles. The van der Waals surface area contributed by atoms with Crippen molar-refractivity contribution in [3.05, 3.63) is 46.5 Å². The maximum Gasteiger partial charge on any atom is 0.271 e. The van der Waals surface area contributed by atoms with Gasteiger partial charge in [0.15, 0.2) is 11.5 Å². The Kier molecular flexibility index (Phi) is 6.08. The van der Waals surface area contributed by atoms with Crippen molar-refractivity contribution in [1.29, 1.82) is 0 Å². The summed E-state index contributed by atoms with van der Waals surface area (Å²) in [5, 5.41) is 13.7. The Hall–Kier alpha value is -2.93. The van der Waals surface area contributed by atoms with Gasteiger partial charge in [-0.1, -0.05) is 11.6 Å². The minimum atomic E-state index is -0.440. The fourth-order valence-electron chi connectivity index (χ4n) is 1.99. The number of hydrogen-bond acceptors (Lipinski definition) is 6. The molecule has 0 radical (unpaired) electrons. The second-order valence-electron chi connectivity index (χ2n) is 4.85. The molecule has 2 N–H and O–H groups in total. The van der Waals surface area contributed by atoms with Crippen LogP contribution in [0.5, 0.6) is 23.0 Å². The third-order valence-electron chi connectivity index (χ3n) is 3.26. The largest absolute Gasteiger partial charge is 0.503 e. The number of carbonyl (C=O) groups is 1. The molecule has 0 saturated carbocycles. The number of aromatic hydroxyl groups is 1. The van der Waals surface area contributed by atoms with Crippen LogP contribution >= 0.6 is 11.6 Å². The second-order valence-corrected chi connectivity index (χ2v) is 5.26. The summed E-state index contributed by atoms with van der Waals surface area (Å²) in [5.41, 5.74) is 3.27. The van der Waals surface area contributed by atoms with E-state index in [4.69, 9.17) is 25.8 Å². The first kappa shape index (κ1) is 18.4. The van der Waals surface area contributed by atoms with Gasteiger partial charge in [0.2, 0.25) is 0 Å². The van der Waals surface area contributed by atoms with Crippen molar-refractivity contribution >= 4 is 23.7 Å². The third kappa shape index (κ3) is 4.54. The van der Waals surface area contributed by atoms with Crippen molar-refractivity contribution in [1.82, 2.24) is 5.43 Å². The molecule has 0 spiro atoms. The lowest BCUT2D eigenvalue weighted by atomic mass is 10.2. The Bertz CT molecular complexity index is 786. The van der Waals surface area contributed by atoms with Gasteiger partial charge < -0.3 is 19.3 Å². The summed E-state index contributed by atoms with van der Waals surface area (Å²) < 4.78 is 15.2. The number of carbonyl (C=O) groups excluding carboxylic acids is 1. The predicted molar refractivity (Wildman–Crippen MR) is 94.3 cm³/mol. The number of hydrogen-bond donors (Lipinski definition) is 2. The van der Waals surface area contributed by atoms with Crippen molar-refractivity contribution in [3.63, 3.8) is 0 Å². The summed E-state index contributed by atoms with van der Waals surface area (Å²) in [6.45, 7) is 0. The van der Waals surface area contributed by atoms with E-state index in [-0.39, 0.29) is 16.5 Å². The number of benzene rings is 2. The summed E-state index contributed by atoms with van der Waals surface area (Å²) >= 11 is 5.90. The van der Waals surface area contributed by atoms with Gasteiger partial charge in [-0.15, -0.1) is 0 Å². The number of rotatable bonds is 6. The molecule has 2 aromatic carbocycles. The SMILES string of the molecule is COc1cc(OC)cc(C(=O)N/N=C/c2cc(Cl)c(O)c(OC)c2)c1. The van der Waals surface area contributed by atoms with Gasteiger partial charge in [-0.3, -0.25) is 4.79 Å². The van der Waals surface area contributed by atoms with E-state index in [1.807, 2.05) is 0 Å². The second kappa shape index (κ2) is 8.25. The Labute approximate surface area is 149 Å². The van der Waals surface area contributed by atoms with Crippen LogP contribution in [0, 0.1) is 0 Å². The summed E-state index contributed by atoms with van der Waals surface area (Å²) in [5.74, 6) is 0.587. The van der Waals surface area contributed by atoms with Crippen molar-refractivity contribution in [2.75, 3.05) is 21.3 Å². The molecule has 0 heterocycles. The third-order valence-corrected chi connectivity index (χ3v) is 3.55. The molecule has 0 aliphatic carbocycles. The number of hydrazone groups is 1. The van der Waals surface area contributed by atoms with Gasteiger partial charge in [0.05, 0.1) is 32.6 Å². The van der Waals surface area contributed by atoms with Gasteiger partial charge in [-0.2, -0.15) is 5.10 Å². The van der Waals surface area contributed by atoms with E-state index in [0.29, 0.717) is 22.6 Å². The fourth-order valence-corrected chi connectivity index (χ4v) is 2.21. The average molecular weight is 365 g/mol. The number of phenolic OH excluding ortho intramolecular Hbond substituents is 1. The van der Waals surface area contributed by atoms with Gasteiger partial charge in [0, 0.05) is 11.6 Å². The van der Waals surface area contributed by atoms with Crippen LogP contribution in [0.15, 0.2) is 35.4 Å². The molecule has 0 atom stereocenters. The van der Waals surface area contributed by atoms with Crippen LogP contribution in [0.1, 0.15) is 15.9 Å². The average Bonchev–Trinajstić information content (AvgIpc) is 2.63. The van der Waals surface area contributed by atoms with E-state index in [1.165, 1.54) is 39.7 Å². The molecule has 0 aliphatic rings. The molecule has 2 rings (SSSR count). The number of ether oxygens (including phenoxy) is 3. The number of phenols is 1. The van der Waals surface area contributed by atoms with Crippen LogP contribution in [0.4, 0.5) is 0 Å². The fraction of sp³-hybridized carbons (Fsp3) is 0.176. The molecule has 2 aromatic rings. The zero-order valence-corrected chi connectivity index (χ0v) is 14.6. The van der Waals surface area contributed by atoms with Gasteiger partial charge in [-0.25, -0.2) is 5.43 Å². The molecular weight excluding hydrogens is 348 g/mol. The molecular formula is C17H17ClN2O5. The van der Waals surface area contributed by atoms with Crippen molar-refractivity contribution in [2.45, 2.75) is 0 Å². The summed E-state index contributed by atoms with van der Waals surface area (Å²) in [6.07, 6.45) is 1.38. The maximum absolute atomic E-state index is 12.2. The van der Waals surface area contributed by atoms with Crippen LogP contribution in [0.3, 0.4) is 0 Å². The molecule has 0 unspecified atom stereocenters. The topological polar surface area (TPSA) is 89.4 Å². The molecule has 0 aromatic heterocycles. The standard InChI is InChI=1S/C17H17ClN2O5/c1-23-12-6-11(7-13(8-12)24-2)17(22)20-19-9-10-4-14(18)16(21)15(5-10)25-3/h4-9,21H,1-3H3,(H,20,22)/b19-9+. The Balaban J connectivity index is 2.14. The number of methoxy groups -OCH3 is 3. The number of nitrogens with one attached hydrogen (secondary N) is 1. The van der Waals surface area contributed by atoms with Gasteiger partial charge in [-0.05, 0) is 29.8 Å². The smallest absolute Gasteiger partial charge is 0.271 e. The summed E-state index contributed by atoms with van der Waals surface area (Å²) in [6, 6.07) is 7.81. The molecule has 7 nitrogen and oxygen atoms in total. The Morgan fingerprint density at radius 1 is 1.08 bits per heavy atom. The summed E-state index contributed by atoms with van der Waals surface area (Å²) in [7, 11) is 4.40. The quantitative estimate of drug-likeness (QED) is 0.607.